The Bertz CT molecular complexity index is 365. The van der Waals surface area contributed by atoms with Crippen LogP contribution in [0.15, 0.2) is 6.20 Å². The number of hydrogen-bond donors (Lipinski definition) is 1. The van der Waals surface area contributed by atoms with Crippen molar-refractivity contribution >= 4 is 5.97 Å². The second-order valence-electron chi connectivity index (χ2n) is 2.92. The van der Waals surface area contributed by atoms with Gasteiger partial charge in [0.15, 0.2) is 0 Å². The summed E-state index contributed by atoms with van der Waals surface area (Å²) in [6.45, 7) is 0. The Morgan fingerprint density at radius 2 is 2.27 bits per heavy atom. The van der Waals surface area contributed by atoms with Crippen molar-refractivity contribution in [2.24, 2.45) is 12.8 Å². The molecule has 0 aliphatic rings. The molecule has 0 fully saturated rings. The van der Waals surface area contributed by atoms with Gasteiger partial charge in [-0.2, -0.15) is 5.10 Å². The lowest BCUT2D eigenvalue weighted by atomic mass is 10.1. The molecule has 0 aromatic carbocycles. The summed E-state index contributed by atoms with van der Waals surface area (Å²) >= 11 is 0. The third-order valence-corrected chi connectivity index (χ3v) is 1.98. The number of alkyl halides is 2. The summed E-state index contributed by atoms with van der Waals surface area (Å²) in [4.78, 5) is 11.2. The Morgan fingerprint density at radius 1 is 1.67 bits per heavy atom. The van der Waals surface area contributed by atoms with Crippen LogP contribution in [0.5, 0.6) is 0 Å². The zero-order chi connectivity index (χ0) is 11.6. The number of aromatic nitrogens is 2. The summed E-state index contributed by atoms with van der Waals surface area (Å²) in [6.07, 6.45) is -1.60. The van der Waals surface area contributed by atoms with Gasteiger partial charge in [-0.15, -0.1) is 0 Å². The average molecular weight is 219 g/mol. The van der Waals surface area contributed by atoms with Gasteiger partial charge in [-0.25, -0.2) is 13.6 Å². The van der Waals surface area contributed by atoms with Crippen molar-refractivity contribution in [3.05, 3.63) is 17.5 Å². The maximum absolute atomic E-state index is 12.4. The lowest BCUT2D eigenvalue weighted by Gasteiger charge is -2.12. The van der Waals surface area contributed by atoms with E-state index in [4.69, 9.17) is 5.73 Å². The summed E-state index contributed by atoms with van der Waals surface area (Å²) in [7, 11) is 2.59. The number of rotatable bonds is 3. The quantitative estimate of drug-likeness (QED) is 0.750. The van der Waals surface area contributed by atoms with Gasteiger partial charge in [-0.1, -0.05) is 0 Å². The van der Waals surface area contributed by atoms with Crippen LogP contribution in [0.25, 0.3) is 0 Å². The molecule has 0 aliphatic carbocycles. The summed E-state index contributed by atoms with van der Waals surface area (Å²) in [5.41, 5.74) is 5.19. The molecule has 7 heteroatoms. The predicted molar refractivity (Wildman–Crippen MR) is 47.5 cm³/mol. The van der Waals surface area contributed by atoms with Crippen molar-refractivity contribution < 1.29 is 18.3 Å². The minimum absolute atomic E-state index is 0.0307. The summed E-state index contributed by atoms with van der Waals surface area (Å²) in [5, 5.41) is 3.69. The van der Waals surface area contributed by atoms with Gasteiger partial charge in [0.2, 0.25) is 0 Å². The maximum atomic E-state index is 12.4. The molecule has 0 amide bonds. The molecule has 2 N–H and O–H groups in total. The van der Waals surface area contributed by atoms with E-state index in [1.54, 1.807) is 0 Å². The van der Waals surface area contributed by atoms with Gasteiger partial charge in [0.05, 0.1) is 19.0 Å². The normalized spacial score (nSPS) is 12.9. The lowest BCUT2D eigenvalue weighted by Crippen LogP contribution is -2.24. The van der Waals surface area contributed by atoms with Gasteiger partial charge in [0, 0.05) is 7.05 Å². The zero-order valence-electron chi connectivity index (χ0n) is 8.28. The molecule has 1 rings (SSSR count). The SMILES string of the molecule is COC(=O)c1cnn(C)c1C(N)C(F)F. The zero-order valence-corrected chi connectivity index (χ0v) is 8.28. The number of aryl methyl sites for hydroxylation is 1. The number of hydrogen-bond acceptors (Lipinski definition) is 4. The molecule has 15 heavy (non-hydrogen) atoms. The van der Waals surface area contributed by atoms with Crippen LogP contribution < -0.4 is 5.73 Å². The highest BCUT2D eigenvalue weighted by atomic mass is 19.3. The number of esters is 1. The van der Waals surface area contributed by atoms with Crippen LogP contribution in [0.2, 0.25) is 0 Å². The van der Waals surface area contributed by atoms with Gasteiger partial charge >= 0.3 is 5.97 Å². The van der Waals surface area contributed by atoms with Crippen molar-refractivity contribution in [2.45, 2.75) is 12.5 Å². The first-order valence-corrected chi connectivity index (χ1v) is 4.13. The molecule has 0 spiro atoms. The molecular weight excluding hydrogens is 208 g/mol. The molecule has 5 nitrogen and oxygen atoms in total. The maximum Gasteiger partial charge on any atom is 0.341 e. The number of methoxy groups -OCH3 is 1. The van der Waals surface area contributed by atoms with E-state index >= 15 is 0 Å². The number of carbonyl (C=O) groups excluding carboxylic acids is 1. The fraction of sp³-hybridized carbons (Fsp3) is 0.500. The van der Waals surface area contributed by atoms with Crippen LogP contribution in [0.1, 0.15) is 22.1 Å². The summed E-state index contributed by atoms with van der Waals surface area (Å²) in [5.74, 6) is -0.728. The van der Waals surface area contributed by atoms with Crippen LogP contribution in [0, 0.1) is 0 Å². The van der Waals surface area contributed by atoms with Crippen molar-refractivity contribution in [3.63, 3.8) is 0 Å². The van der Waals surface area contributed by atoms with Crippen LogP contribution >= 0.6 is 0 Å². The minimum atomic E-state index is -2.76. The molecule has 1 aromatic rings. The Hall–Kier alpha value is -1.50. The molecule has 1 aromatic heterocycles. The van der Waals surface area contributed by atoms with E-state index in [9.17, 15) is 13.6 Å². The van der Waals surface area contributed by atoms with Crippen molar-refractivity contribution in [3.8, 4) is 0 Å². The molecule has 0 bridgehead atoms. The number of carbonyl (C=O) groups is 1. The van der Waals surface area contributed by atoms with E-state index in [0.717, 1.165) is 18.0 Å². The van der Waals surface area contributed by atoms with Gasteiger partial charge in [-0.3, -0.25) is 4.68 Å². The largest absolute Gasteiger partial charge is 0.465 e. The highest BCUT2D eigenvalue weighted by Crippen LogP contribution is 2.21. The third-order valence-electron chi connectivity index (χ3n) is 1.98. The highest BCUT2D eigenvalue weighted by Gasteiger charge is 2.27. The van der Waals surface area contributed by atoms with Gasteiger partial charge < -0.3 is 10.5 Å². The van der Waals surface area contributed by atoms with Crippen LogP contribution in [-0.4, -0.2) is 29.3 Å². The fourth-order valence-corrected chi connectivity index (χ4v) is 1.23. The van der Waals surface area contributed by atoms with E-state index in [2.05, 4.69) is 9.84 Å². The van der Waals surface area contributed by atoms with E-state index in [1.807, 2.05) is 0 Å². The Kier molecular flexibility index (Phi) is 3.35. The van der Waals surface area contributed by atoms with Crippen molar-refractivity contribution in [1.29, 1.82) is 0 Å². The van der Waals surface area contributed by atoms with E-state index in [-0.39, 0.29) is 11.3 Å². The molecular formula is C8H11F2N3O2. The Morgan fingerprint density at radius 3 is 2.73 bits per heavy atom. The molecule has 0 aliphatic heterocycles. The second-order valence-corrected chi connectivity index (χ2v) is 2.92. The second kappa shape index (κ2) is 4.35. The summed E-state index contributed by atoms with van der Waals surface area (Å²) < 4.78 is 30.4. The van der Waals surface area contributed by atoms with E-state index in [0.29, 0.717) is 0 Å². The van der Waals surface area contributed by atoms with Crippen molar-refractivity contribution in [2.75, 3.05) is 7.11 Å². The van der Waals surface area contributed by atoms with Gasteiger partial charge in [0.1, 0.15) is 11.6 Å². The predicted octanol–water partition coefficient (Wildman–Crippen LogP) is 0.472. The smallest absolute Gasteiger partial charge is 0.341 e. The lowest BCUT2D eigenvalue weighted by molar-refractivity contribution is 0.0594. The first-order chi connectivity index (χ1) is 6.99. The molecule has 1 heterocycles. The molecule has 0 radical (unpaired) electrons. The van der Waals surface area contributed by atoms with Crippen molar-refractivity contribution in [1.82, 2.24) is 9.78 Å². The number of nitrogens with two attached hydrogens (primary N) is 1. The first-order valence-electron chi connectivity index (χ1n) is 4.13. The topological polar surface area (TPSA) is 70.1 Å². The molecule has 0 saturated carbocycles. The molecule has 0 saturated heterocycles. The standard InChI is InChI=1S/C8H11F2N3O2/c1-13-6(5(11)7(9)10)4(3-12-13)8(14)15-2/h3,5,7H,11H2,1-2H3. The fourth-order valence-electron chi connectivity index (χ4n) is 1.23. The monoisotopic (exact) mass is 219 g/mol. The van der Waals surface area contributed by atoms with E-state index < -0.39 is 18.4 Å². The third kappa shape index (κ3) is 2.12. The molecule has 1 unspecified atom stereocenters. The van der Waals surface area contributed by atoms with Crippen LogP contribution in [-0.2, 0) is 11.8 Å². The number of nitrogens with zero attached hydrogens (tertiary/aromatic N) is 2. The Labute approximate surface area is 84.8 Å². The molecule has 1 atom stereocenters. The van der Waals surface area contributed by atoms with Crippen LogP contribution in [0.3, 0.4) is 0 Å². The summed E-state index contributed by atoms with van der Waals surface area (Å²) in [6, 6.07) is -1.55. The molecule has 84 valence electrons. The highest BCUT2D eigenvalue weighted by molar-refractivity contribution is 5.90. The Balaban J connectivity index is 3.15. The number of ether oxygens (including phenoxy) is 1. The minimum Gasteiger partial charge on any atom is -0.465 e. The van der Waals surface area contributed by atoms with E-state index in [1.165, 1.54) is 7.05 Å². The van der Waals surface area contributed by atoms with Crippen LogP contribution in [0.4, 0.5) is 8.78 Å². The van der Waals surface area contributed by atoms with Gasteiger partial charge in [0.25, 0.3) is 6.43 Å². The van der Waals surface area contributed by atoms with Gasteiger partial charge in [-0.05, 0) is 0 Å². The number of halogens is 2. The average Bonchev–Trinajstić information content (AvgIpc) is 2.57. The first kappa shape index (κ1) is 11.6.